The molecule has 0 aromatic heterocycles. The van der Waals surface area contributed by atoms with E-state index in [0.29, 0.717) is 12.8 Å². The number of carbonyl (C=O) groups is 2. The van der Waals surface area contributed by atoms with Crippen LogP contribution in [0.5, 0.6) is 0 Å². The summed E-state index contributed by atoms with van der Waals surface area (Å²) in [7, 11) is 0. The molecule has 0 saturated carbocycles. The van der Waals surface area contributed by atoms with E-state index >= 15 is 0 Å². The summed E-state index contributed by atoms with van der Waals surface area (Å²) in [6, 6.07) is -1.41. The molecule has 0 saturated heterocycles. The maximum atomic E-state index is 11.5. The van der Waals surface area contributed by atoms with Gasteiger partial charge in [0.15, 0.2) is 0 Å². The second-order valence-electron chi connectivity index (χ2n) is 3.94. The van der Waals surface area contributed by atoms with Crippen LogP contribution in [0.25, 0.3) is 0 Å². The molecule has 1 amide bonds. The van der Waals surface area contributed by atoms with Crippen LogP contribution < -0.4 is 11.1 Å². The van der Waals surface area contributed by atoms with Crippen molar-refractivity contribution in [1.82, 2.24) is 5.32 Å². The smallest absolute Gasteiger partial charge is 0.326 e. The van der Waals surface area contributed by atoms with Gasteiger partial charge in [0, 0.05) is 0 Å². The lowest BCUT2D eigenvalue weighted by molar-refractivity contribution is -0.142. The molecule has 4 N–H and O–H groups in total. The van der Waals surface area contributed by atoms with Crippen LogP contribution >= 0.6 is 0 Å². The molecular formula is C11H22N2O3. The fraction of sp³-hybridized carbons (Fsp3) is 0.818. The molecule has 5 heteroatoms. The van der Waals surface area contributed by atoms with Gasteiger partial charge in [0.25, 0.3) is 0 Å². The number of nitrogens with one attached hydrogen (secondary N) is 1. The highest BCUT2D eigenvalue weighted by molar-refractivity contribution is 5.86. The largest absolute Gasteiger partial charge is 0.480 e. The first-order valence-corrected chi connectivity index (χ1v) is 5.81. The average Bonchev–Trinajstić information content (AvgIpc) is 2.23. The normalized spacial score (nSPS) is 14.2. The van der Waals surface area contributed by atoms with Crippen molar-refractivity contribution < 1.29 is 14.7 Å². The molecule has 0 aliphatic rings. The zero-order valence-corrected chi connectivity index (χ0v) is 10.0. The van der Waals surface area contributed by atoms with E-state index in [-0.39, 0.29) is 5.91 Å². The number of amides is 1. The van der Waals surface area contributed by atoms with Gasteiger partial charge in [-0.1, -0.05) is 33.1 Å². The number of carboxylic acid groups (broad SMARTS) is 1. The van der Waals surface area contributed by atoms with E-state index < -0.39 is 18.1 Å². The minimum absolute atomic E-state index is 0.370. The van der Waals surface area contributed by atoms with Gasteiger partial charge in [-0.25, -0.2) is 4.79 Å². The maximum Gasteiger partial charge on any atom is 0.326 e. The second kappa shape index (κ2) is 8.10. The first-order valence-electron chi connectivity index (χ1n) is 5.81. The number of aliphatic carboxylic acids is 1. The van der Waals surface area contributed by atoms with Crippen LogP contribution in [0.2, 0.25) is 0 Å². The molecule has 0 heterocycles. The Morgan fingerprint density at radius 1 is 1.25 bits per heavy atom. The second-order valence-corrected chi connectivity index (χ2v) is 3.94. The predicted octanol–water partition coefficient (Wildman–Crippen LogP) is 0.873. The molecule has 0 radical (unpaired) electrons. The standard InChI is InChI=1S/C11H22N2O3/c1-3-5-7-9(11(15)16)13-10(14)8(12)6-4-2/h8-9H,3-7,12H2,1-2H3,(H,13,14)(H,15,16)/t8?,9-/m0/s1. The van der Waals surface area contributed by atoms with Gasteiger partial charge in [0.05, 0.1) is 6.04 Å². The fourth-order valence-corrected chi connectivity index (χ4v) is 1.39. The Bertz CT molecular complexity index is 231. The predicted molar refractivity (Wildman–Crippen MR) is 62.0 cm³/mol. The monoisotopic (exact) mass is 230 g/mol. The number of rotatable bonds is 8. The number of hydrogen-bond acceptors (Lipinski definition) is 3. The molecule has 0 rings (SSSR count). The minimum atomic E-state index is -0.995. The van der Waals surface area contributed by atoms with Gasteiger partial charge in [0.2, 0.25) is 5.91 Å². The van der Waals surface area contributed by atoms with Crippen molar-refractivity contribution in [3.05, 3.63) is 0 Å². The number of carboxylic acids is 1. The number of nitrogens with two attached hydrogens (primary N) is 1. The van der Waals surface area contributed by atoms with E-state index in [0.717, 1.165) is 19.3 Å². The van der Waals surface area contributed by atoms with E-state index in [1.54, 1.807) is 0 Å². The molecule has 0 aliphatic heterocycles. The van der Waals surface area contributed by atoms with Crippen molar-refractivity contribution in [2.75, 3.05) is 0 Å². The highest BCUT2D eigenvalue weighted by Crippen LogP contribution is 2.02. The quantitative estimate of drug-likeness (QED) is 0.577. The van der Waals surface area contributed by atoms with Gasteiger partial charge in [-0.15, -0.1) is 0 Å². The lowest BCUT2D eigenvalue weighted by Gasteiger charge is -2.17. The number of hydrogen-bond donors (Lipinski definition) is 3. The van der Waals surface area contributed by atoms with Gasteiger partial charge in [-0.3, -0.25) is 4.79 Å². The highest BCUT2D eigenvalue weighted by Gasteiger charge is 2.21. The molecule has 1 unspecified atom stereocenters. The maximum absolute atomic E-state index is 11.5. The fourth-order valence-electron chi connectivity index (χ4n) is 1.39. The van der Waals surface area contributed by atoms with Crippen molar-refractivity contribution in [2.24, 2.45) is 5.73 Å². The Hall–Kier alpha value is -1.10. The van der Waals surface area contributed by atoms with E-state index in [1.165, 1.54) is 0 Å². The summed E-state index contributed by atoms with van der Waals surface area (Å²) in [6.45, 7) is 3.91. The summed E-state index contributed by atoms with van der Waals surface area (Å²) in [5.74, 6) is -1.36. The van der Waals surface area contributed by atoms with Gasteiger partial charge < -0.3 is 16.2 Å². The van der Waals surface area contributed by atoms with Gasteiger partial charge in [-0.05, 0) is 12.8 Å². The van der Waals surface area contributed by atoms with Gasteiger partial charge in [-0.2, -0.15) is 0 Å². The molecule has 2 atom stereocenters. The van der Waals surface area contributed by atoms with Crippen molar-refractivity contribution in [1.29, 1.82) is 0 Å². The first-order chi connectivity index (χ1) is 7.52. The third-order valence-corrected chi connectivity index (χ3v) is 2.40. The lowest BCUT2D eigenvalue weighted by atomic mass is 10.1. The molecule has 0 fully saturated rings. The Morgan fingerprint density at radius 3 is 2.31 bits per heavy atom. The Morgan fingerprint density at radius 2 is 1.88 bits per heavy atom. The van der Waals surface area contributed by atoms with E-state index in [9.17, 15) is 9.59 Å². The van der Waals surface area contributed by atoms with Gasteiger partial charge in [0.1, 0.15) is 6.04 Å². The van der Waals surface area contributed by atoms with Crippen LogP contribution in [-0.2, 0) is 9.59 Å². The summed E-state index contributed by atoms with van der Waals surface area (Å²) in [6.07, 6.45) is 3.52. The lowest BCUT2D eigenvalue weighted by Crippen LogP contribution is -2.48. The van der Waals surface area contributed by atoms with Crippen LogP contribution in [0.3, 0.4) is 0 Å². The van der Waals surface area contributed by atoms with Crippen molar-refractivity contribution in [3.63, 3.8) is 0 Å². The molecule has 0 bridgehead atoms. The van der Waals surface area contributed by atoms with Crippen LogP contribution in [-0.4, -0.2) is 29.1 Å². The Labute approximate surface area is 96.4 Å². The summed E-state index contributed by atoms with van der Waals surface area (Å²) < 4.78 is 0. The third-order valence-electron chi connectivity index (χ3n) is 2.40. The third kappa shape index (κ3) is 5.70. The Kier molecular flexibility index (Phi) is 7.54. The van der Waals surface area contributed by atoms with Crippen molar-refractivity contribution in [3.8, 4) is 0 Å². The minimum Gasteiger partial charge on any atom is -0.480 e. The van der Waals surface area contributed by atoms with E-state index in [2.05, 4.69) is 5.32 Å². The van der Waals surface area contributed by atoms with Gasteiger partial charge >= 0.3 is 5.97 Å². The molecule has 5 nitrogen and oxygen atoms in total. The average molecular weight is 230 g/mol. The first kappa shape index (κ1) is 14.9. The zero-order chi connectivity index (χ0) is 12.6. The van der Waals surface area contributed by atoms with Crippen LogP contribution in [0.15, 0.2) is 0 Å². The molecule has 0 spiro atoms. The zero-order valence-electron chi connectivity index (χ0n) is 10.0. The summed E-state index contributed by atoms with van der Waals surface area (Å²) in [5, 5.41) is 11.4. The summed E-state index contributed by atoms with van der Waals surface area (Å²) >= 11 is 0. The molecule has 16 heavy (non-hydrogen) atoms. The number of carbonyl (C=O) groups excluding carboxylic acids is 1. The molecule has 0 aromatic rings. The SMILES string of the molecule is CCCC[C@H](NC(=O)C(N)CCC)C(=O)O. The van der Waals surface area contributed by atoms with Crippen LogP contribution in [0.4, 0.5) is 0 Å². The van der Waals surface area contributed by atoms with E-state index in [1.807, 2.05) is 13.8 Å². The topological polar surface area (TPSA) is 92.4 Å². The number of unbranched alkanes of at least 4 members (excludes halogenated alkanes) is 1. The Balaban J connectivity index is 4.17. The molecule has 94 valence electrons. The van der Waals surface area contributed by atoms with Crippen LogP contribution in [0.1, 0.15) is 46.0 Å². The van der Waals surface area contributed by atoms with E-state index in [4.69, 9.17) is 10.8 Å². The van der Waals surface area contributed by atoms with Crippen molar-refractivity contribution in [2.45, 2.75) is 58.0 Å². The van der Waals surface area contributed by atoms with Crippen LogP contribution in [0, 0.1) is 0 Å². The highest BCUT2D eigenvalue weighted by atomic mass is 16.4. The van der Waals surface area contributed by atoms with Crippen molar-refractivity contribution >= 4 is 11.9 Å². The molecular weight excluding hydrogens is 208 g/mol. The molecule has 0 aliphatic carbocycles. The summed E-state index contributed by atoms with van der Waals surface area (Å²) in [5.41, 5.74) is 5.60. The molecule has 0 aromatic carbocycles. The summed E-state index contributed by atoms with van der Waals surface area (Å²) in [4.78, 5) is 22.4.